The lowest BCUT2D eigenvalue weighted by atomic mass is 10.1. The largest absolute Gasteiger partial charge is 0.385 e. The van der Waals surface area contributed by atoms with Crippen molar-refractivity contribution in [3.8, 4) is 0 Å². The van der Waals surface area contributed by atoms with E-state index in [0.717, 1.165) is 77.5 Å². The van der Waals surface area contributed by atoms with E-state index < -0.39 is 0 Å². The monoisotopic (exact) mass is 975 g/mol. The fourth-order valence-electron chi connectivity index (χ4n) is 8.69. The van der Waals surface area contributed by atoms with Gasteiger partial charge in [0.2, 0.25) is 33.9 Å². The maximum absolute atomic E-state index is 12.2. The van der Waals surface area contributed by atoms with E-state index in [4.69, 9.17) is 14.2 Å². The Labute approximate surface area is 425 Å². The number of rotatable bonds is 29. The number of hydrogen-bond acceptors (Lipinski definition) is 9. The zero-order chi connectivity index (χ0) is 51.1. The van der Waals surface area contributed by atoms with Gasteiger partial charge in [-0.2, -0.15) is 9.13 Å². The topological polar surface area (TPSA) is 107 Å². The molecule has 0 atom stereocenters. The second-order valence-electron chi connectivity index (χ2n) is 19.4. The van der Waals surface area contributed by atoms with Gasteiger partial charge in [0.1, 0.15) is 13.1 Å². The van der Waals surface area contributed by atoms with E-state index in [9.17, 15) is 9.59 Å². The summed E-state index contributed by atoms with van der Waals surface area (Å²) in [7, 11) is 18.3. The molecular formula is C58H86N8O5+2. The molecule has 6 aromatic rings. The normalized spacial score (nSPS) is 11.2. The molecule has 2 heterocycles. The standard InChI is InChI=1S/C31H46N4O3.C27H38N4O2/c1-6-18-37-20-21-38-19-10-16-32-31(36)11-8-7-9-17-35-29-23-27(33(2)3)14-12-25(29)22-26-13-15-28(34(4)5)24-30(26)35;1-29(2)23-13-11-21-18-22-12-14-24(30(3)4)20-26(22)31(25(21)19-23)16-8-6-7-10-27(32)28-15-9-17-33-5/h12-15,22-24H,6-11,16-21H2,1-5H3;11-14,18-20H,6-10,15-17H2,1-5H3/p+2. The number of nitrogens with zero attached hydrogens (tertiary/aromatic N) is 6. The number of benzene rings is 4. The average Bonchev–Trinajstić information content (AvgIpc) is 3.35. The van der Waals surface area contributed by atoms with Crippen LogP contribution in [0.5, 0.6) is 0 Å². The summed E-state index contributed by atoms with van der Waals surface area (Å²) in [4.78, 5) is 32.9. The zero-order valence-corrected chi connectivity index (χ0v) is 44.9. The number of ether oxygens (including phenoxy) is 3. The highest BCUT2D eigenvalue weighted by molar-refractivity contribution is 5.92. The third kappa shape index (κ3) is 17.5. The van der Waals surface area contributed by atoms with Crippen LogP contribution in [-0.2, 0) is 36.9 Å². The van der Waals surface area contributed by atoms with Crippen molar-refractivity contribution in [2.75, 3.05) is 129 Å². The fourth-order valence-corrected chi connectivity index (χ4v) is 8.69. The van der Waals surface area contributed by atoms with Crippen LogP contribution < -0.4 is 39.4 Å². The number of aryl methyl sites for hydroxylation is 2. The van der Waals surface area contributed by atoms with Gasteiger partial charge in [-0.15, -0.1) is 0 Å². The lowest BCUT2D eigenvalue weighted by Crippen LogP contribution is -2.36. The molecule has 0 saturated heterocycles. The Kier molecular flexibility index (Phi) is 23.4. The molecule has 13 nitrogen and oxygen atoms in total. The summed E-state index contributed by atoms with van der Waals surface area (Å²) in [6.45, 7) is 8.66. The molecule has 0 unspecified atom stereocenters. The zero-order valence-electron chi connectivity index (χ0n) is 44.9. The molecule has 0 aliphatic carbocycles. The van der Waals surface area contributed by atoms with Crippen LogP contribution >= 0.6 is 0 Å². The average molecular weight is 975 g/mol. The molecule has 386 valence electrons. The van der Waals surface area contributed by atoms with Crippen LogP contribution in [0.15, 0.2) is 84.9 Å². The van der Waals surface area contributed by atoms with Gasteiger partial charge >= 0.3 is 0 Å². The van der Waals surface area contributed by atoms with Gasteiger partial charge in [0, 0.05) is 191 Å². The minimum absolute atomic E-state index is 0.130. The number of nitrogens with one attached hydrogen (secondary N) is 2. The van der Waals surface area contributed by atoms with Crippen molar-refractivity contribution in [3.63, 3.8) is 0 Å². The van der Waals surface area contributed by atoms with E-state index in [1.165, 1.54) is 66.4 Å². The van der Waals surface area contributed by atoms with Crippen molar-refractivity contribution >= 4 is 78.2 Å². The van der Waals surface area contributed by atoms with Crippen molar-refractivity contribution in [2.45, 2.75) is 90.6 Å². The van der Waals surface area contributed by atoms with Gasteiger partial charge in [-0.25, -0.2) is 0 Å². The molecule has 0 spiro atoms. The van der Waals surface area contributed by atoms with E-state index >= 15 is 0 Å². The van der Waals surface area contributed by atoms with Gasteiger partial charge in [0.15, 0.2) is 0 Å². The third-order valence-corrected chi connectivity index (χ3v) is 12.8. The second kappa shape index (κ2) is 29.6. The van der Waals surface area contributed by atoms with Crippen LogP contribution in [0.3, 0.4) is 0 Å². The number of unbranched alkanes of at least 4 members (excludes halogenated alkanes) is 4. The molecule has 0 saturated carbocycles. The van der Waals surface area contributed by atoms with Gasteiger partial charge < -0.3 is 44.4 Å². The van der Waals surface area contributed by atoms with Crippen LogP contribution in [0, 0.1) is 0 Å². The summed E-state index contributed by atoms with van der Waals surface area (Å²) in [5, 5.41) is 11.0. The van der Waals surface area contributed by atoms with Gasteiger partial charge in [-0.05, 0) is 106 Å². The number of anilines is 4. The molecule has 0 aliphatic heterocycles. The molecule has 0 radical (unpaired) electrons. The maximum atomic E-state index is 12.2. The van der Waals surface area contributed by atoms with Gasteiger partial charge in [-0.1, -0.05) is 6.92 Å². The number of fused-ring (bicyclic) bond motifs is 4. The van der Waals surface area contributed by atoms with Crippen LogP contribution in [0.25, 0.3) is 43.6 Å². The van der Waals surface area contributed by atoms with Crippen LogP contribution in [0.2, 0.25) is 0 Å². The van der Waals surface area contributed by atoms with Crippen LogP contribution in [-0.4, -0.2) is 121 Å². The van der Waals surface area contributed by atoms with Gasteiger partial charge in [0.05, 0.1) is 13.2 Å². The molecule has 0 aliphatic rings. The van der Waals surface area contributed by atoms with Crippen molar-refractivity contribution in [1.82, 2.24) is 10.6 Å². The smallest absolute Gasteiger partial charge is 0.219 e. The lowest BCUT2D eigenvalue weighted by molar-refractivity contribution is -0.646. The third-order valence-electron chi connectivity index (χ3n) is 12.8. The minimum atomic E-state index is 0.130. The molecule has 4 aromatic carbocycles. The number of pyridine rings is 2. The van der Waals surface area contributed by atoms with Crippen LogP contribution in [0.1, 0.15) is 77.6 Å². The van der Waals surface area contributed by atoms with Gasteiger partial charge in [-0.3, -0.25) is 9.59 Å². The van der Waals surface area contributed by atoms with E-state index in [2.05, 4.69) is 188 Å². The summed E-state index contributed by atoms with van der Waals surface area (Å²) >= 11 is 0. The maximum Gasteiger partial charge on any atom is 0.219 e. The van der Waals surface area contributed by atoms with Crippen molar-refractivity contribution in [2.24, 2.45) is 0 Å². The van der Waals surface area contributed by atoms with Crippen molar-refractivity contribution in [3.05, 3.63) is 84.9 Å². The number of hydrogen-bond donors (Lipinski definition) is 2. The molecule has 2 N–H and O–H groups in total. The number of aromatic nitrogens is 2. The van der Waals surface area contributed by atoms with Crippen molar-refractivity contribution < 1.29 is 32.9 Å². The first-order chi connectivity index (χ1) is 34.3. The molecule has 6 rings (SSSR count). The summed E-state index contributed by atoms with van der Waals surface area (Å²) in [6, 6.07) is 31.3. The first kappa shape index (κ1) is 56.2. The Morgan fingerprint density at radius 3 is 1.13 bits per heavy atom. The molecule has 13 heteroatoms. The quantitative estimate of drug-likeness (QED) is 0.0271. The molecule has 71 heavy (non-hydrogen) atoms. The molecule has 0 bridgehead atoms. The lowest BCUT2D eigenvalue weighted by Gasteiger charge is -2.15. The van der Waals surface area contributed by atoms with E-state index in [1.807, 2.05) is 0 Å². The molecule has 2 amide bonds. The summed E-state index contributed by atoms with van der Waals surface area (Å²) in [5.41, 5.74) is 9.78. The number of amides is 2. The summed E-state index contributed by atoms with van der Waals surface area (Å²) in [6.07, 6.45) is 9.78. The number of methoxy groups -OCH3 is 1. The van der Waals surface area contributed by atoms with E-state index in [-0.39, 0.29) is 11.8 Å². The van der Waals surface area contributed by atoms with E-state index in [0.29, 0.717) is 52.4 Å². The summed E-state index contributed by atoms with van der Waals surface area (Å²) in [5.74, 6) is 0.270. The Morgan fingerprint density at radius 1 is 0.437 bits per heavy atom. The first-order valence-corrected chi connectivity index (χ1v) is 26.0. The van der Waals surface area contributed by atoms with Gasteiger partial charge in [0.25, 0.3) is 0 Å². The molecule has 0 fully saturated rings. The Bertz CT molecular complexity index is 2470. The highest BCUT2D eigenvalue weighted by Crippen LogP contribution is 2.27. The Morgan fingerprint density at radius 2 is 0.789 bits per heavy atom. The second-order valence-corrected chi connectivity index (χ2v) is 19.4. The highest BCUT2D eigenvalue weighted by atomic mass is 16.5. The SMILES string of the molecule is CCCOCCOCCCNC(=O)CCCCC[n+]1c2cc(N(C)C)ccc2cc2ccc(N(C)C)cc21.COCCCNC(=O)CCCCC[n+]1c2cc(N(C)C)ccc2cc2ccc(N(C)C)cc21. The van der Waals surface area contributed by atoms with Crippen molar-refractivity contribution in [1.29, 1.82) is 0 Å². The Balaban J connectivity index is 0.000000267. The van der Waals surface area contributed by atoms with Crippen LogP contribution in [0.4, 0.5) is 22.7 Å². The predicted molar refractivity (Wildman–Crippen MR) is 297 cm³/mol. The minimum Gasteiger partial charge on any atom is -0.385 e. The molecular weight excluding hydrogens is 889 g/mol. The molecule has 2 aromatic heterocycles. The summed E-state index contributed by atoms with van der Waals surface area (Å²) < 4.78 is 20.9. The van der Waals surface area contributed by atoms with E-state index in [1.54, 1.807) is 7.11 Å². The fraction of sp³-hybridized carbons (Fsp3) is 0.517. The number of carbonyl (C=O) groups is 2. The number of carbonyl (C=O) groups excluding carboxylic acids is 2. The predicted octanol–water partition coefficient (Wildman–Crippen LogP) is 9.05. The highest BCUT2D eigenvalue weighted by Gasteiger charge is 2.20. The first-order valence-electron chi connectivity index (χ1n) is 26.0. The Hall–Kier alpha value is -5.76.